The molecule has 8 heteroatoms. The molecule has 174 valence electrons. The van der Waals surface area contributed by atoms with Gasteiger partial charge in [-0.1, -0.05) is 39.5 Å². The van der Waals surface area contributed by atoms with Crippen LogP contribution in [-0.4, -0.2) is 66.1 Å². The number of thioether (sulfide) groups is 1. The van der Waals surface area contributed by atoms with E-state index in [0.29, 0.717) is 38.1 Å². The van der Waals surface area contributed by atoms with Gasteiger partial charge in [-0.25, -0.2) is 0 Å². The Morgan fingerprint density at radius 3 is 2.30 bits per heavy atom. The van der Waals surface area contributed by atoms with Gasteiger partial charge in [0.25, 0.3) is 0 Å². The topological polar surface area (TPSA) is 95.6 Å². The van der Waals surface area contributed by atoms with Gasteiger partial charge < -0.3 is 10.6 Å². The van der Waals surface area contributed by atoms with Crippen molar-refractivity contribution in [3.63, 3.8) is 0 Å². The third kappa shape index (κ3) is 13.7. The highest BCUT2D eigenvalue weighted by molar-refractivity contribution is 8.00. The summed E-state index contributed by atoms with van der Waals surface area (Å²) in [4.78, 5) is 48.0. The van der Waals surface area contributed by atoms with E-state index in [2.05, 4.69) is 24.5 Å². The third-order valence-corrected chi connectivity index (χ3v) is 5.88. The molecule has 0 saturated carbocycles. The minimum absolute atomic E-state index is 0.0329. The van der Waals surface area contributed by atoms with Crippen molar-refractivity contribution in [1.82, 2.24) is 15.5 Å². The minimum Gasteiger partial charge on any atom is -0.355 e. The lowest BCUT2D eigenvalue weighted by atomic mass is 10.2. The first-order valence-electron chi connectivity index (χ1n) is 11.2. The lowest BCUT2D eigenvalue weighted by Crippen LogP contribution is -2.32. The number of ketones is 1. The molecule has 0 aromatic heterocycles. The fourth-order valence-corrected chi connectivity index (χ4v) is 4.08. The SMILES string of the molecule is CCCCC.CNCCNC(=O)CCCCCN1C(=O)CC(SCCC(C)=O)C1=O. The number of hydrogen-bond donors (Lipinski definition) is 2. The van der Waals surface area contributed by atoms with Crippen LogP contribution in [0, 0.1) is 0 Å². The smallest absolute Gasteiger partial charge is 0.242 e. The van der Waals surface area contributed by atoms with E-state index in [1.807, 2.05) is 7.05 Å². The maximum absolute atomic E-state index is 12.2. The monoisotopic (exact) mass is 443 g/mol. The number of carbonyl (C=O) groups is 4. The highest BCUT2D eigenvalue weighted by atomic mass is 32.2. The van der Waals surface area contributed by atoms with Gasteiger partial charge in [-0.3, -0.25) is 24.1 Å². The van der Waals surface area contributed by atoms with Gasteiger partial charge in [-0.2, -0.15) is 0 Å². The molecule has 1 aliphatic heterocycles. The number of likely N-dealkylation sites (N-methyl/N-ethyl adjacent to an activating group) is 1. The summed E-state index contributed by atoms with van der Waals surface area (Å²) in [6.07, 6.45) is 7.47. The normalized spacial score (nSPS) is 15.7. The highest BCUT2D eigenvalue weighted by Gasteiger charge is 2.38. The van der Waals surface area contributed by atoms with Crippen molar-refractivity contribution in [2.45, 2.75) is 83.8 Å². The molecule has 0 aromatic carbocycles. The number of likely N-dealkylation sites (tertiary alicyclic amines) is 1. The Bertz CT molecular complexity index is 527. The van der Waals surface area contributed by atoms with E-state index < -0.39 is 0 Å². The molecule has 1 unspecified atom stereocenters. The molecule has 0 spiro atoms. The number of amides is 3. The average Bonchev–Trinajstić information content (AvgIpc) is 2.96. The second-order valence-electron chi connectivity index (χ2n) is 7.52. The van der Waals surface area contributed by atoms with E-state index in [1.165, 1.54) is 42.8 Å². The van der Waals surface area contributed by atoms with Crippen LogP contribution in [0.5, 0.6) is 0 Å². The summed E-state index contributed by atoms with van der Waals surface area (Å²) < 4.78 is 0. The maximum atomic E-state index is 12.2. The second kappa shape index (κ2) is 18.4. The zero-order valence-electron chi connectivity index (χ0n) is 19.3. The third-order valence-electron chi connectivity index (χ3n) is 4.67. The number of carbonyl (C=O) groups excluding carboxylic acids is 4. The van der Waals surface area contributed by atoms with Gasteiger partial charge in [0, 0.05) is 44.6 Å². The van der Waals surface area contributed by atoms with Gasteiger partial charge in [0.1, 0.15) is 5.78 Å². The van der Waals surface area contributed by atoms with Crippen LogP contribution >= 0.6 is 11.8 Å². The molecule has 30 heavy (non-hydrogen) atoms. The summed E-state index contributed by atoms with van der Waals surface area (Å²) in [5.74, 6) is 0.440. The largest absolute Gasteiger partial charge is 0.355 e. The van der Waals surface area contributed by atoms with Crippen LogP contribution in [0.15, 0.2) is 0 Å². The molecule has 1 fully saturated rings. The van der Waals surface area contributed by atoms with Gasteiger partial charge >= 0.3 is 0 Å². The summed E-state index contributed by atoms with van der Waals surface area (Å²) in [7, 11) is 1.83. The Balaban J connectivity index is 0.00000150. The van der Waals surface area contributed by atoms with Gasteiger partial charge in [0.05, 0.1) is 5.25 Å². The van der Waals surface area contributed by atoms with Gasteiger partial charge in [0.15, 0.2) is 0 Å². The molecule has 0 radical (unpaired) electrons. The van der Waals surface area contributed by atoms with Crippen molar-refractivity contribution in [3.05, 3.63) is 0 Å². The predicted octanol–water partition coefficient (Wildman–Crippen LogP) is 2.92. The van der Waals surface area contributed by atoms with Crippen LogP contribution in [0.3, 0.4) is 0 Å². The summed E-state index contributed by atoms with van der Waals surface area (Å²) in [5, 5.41) is 5.43. The van der Waals surface area contributed by atoms with Crippen LogP contribution in [-0.2, 0) is 19.2 Å². The van der Waals surface area contributed by atoms with Crippen molar-refractivity contribution < 1.29 is 19.2 Å². The fourth-order valence-electron chi connectivity index (χ4n) is 2.86. The minimum atomic E-state index is -0.343. The van der Waals surface area contributed by atoms with Crippen LogP contribution in [0.2, 0.25) is 0 Å². The lowest BCUT2D eigenvalue weighted by Gasteiger charge is -2.14. The van der Waals surface area contributed by atoms with Crippen LogP contribution < -0.4 is 10.6 Å². The van der Waals surface area contributed by atoms with E-state index in [9.17, 15) is 19.2 Å². The predicted molar refractivity (Wildman–Crippen MR) is 123 cm³/mol. The van der Waals surface area contributed by atoms with Crippen molar-refractivity contribution in [2.24, 2.45) is 0 Å². The Labute approximate surface area is 186 Å². The lowest BCUT2D eigenvalue weighted by molar-refractivity contribution is -0.138. The van der Waals surface area contributed by atoms with E-state index in [-0.39, 0.29) is 35.2 Å². The number of Topliss-reactive ketones (excluding diaryl/α,β-unsaturated/α-hetero) is 1. The van der Waals surface area contributed by atoms with Gasteiger partial charge in [-0.05, 0) is 26.8 Å². The zero-order chi connectivity index (χ0) is 22.8. The Hall–Kier alpha value is -1.41. The van der Waals surface area contributed by atoms with Crippen molar-refractivity contribution in [2.75, 3.05) is 32.4 Å². The summed E-state index contributed by atoms with van der Waals surface area (Å²) >= 11 is 1.39. The number of hydrogen-bond acceptors (Lipinski definition) is 6. The zero-order valence-corrected chi connectivity index (χ0v) is 20.1. The quantitative estimate of drug-likeness (QED) is 0.298. The summed E-state index contributed by atoms with van der Waals surface area (Å²) in [6.45, 7) is 7.73. The highest BCUT2D eigenvalue weighted by Crippen LogP contribution is 2.26. The molecule has 0 bridgehead atoms. The van der Waals surface area contributed by atoms with Gasteiger partial charge in [-0.15, -0.1) is 11.8 Å². The molecule has 7 nitrogen and oxygen atoms in total. The maximum Gasteiger partial charge on any atom is 0.242 e. The van der Waals surface area contributed by atoms with Crippen molar-refractivity contribution in [3.8, 4) is 0 Å². The molecule has 1 saturated heterocycles. The number of nitrogens with zero attached hydrogens (tertiary/aromatic N) is 1. The first-order chi connectivity index (χ1) is 14.4. The van der Waals surface area contributed by atoms with E-state index >= 15 is 0 Å². The number of nitrogens with one attached hydrogen (secondary N) is 2. The van der Waals surface area contributed by atoms with E-state index in [4.69, 9.17) is 0 Å². The number of unbranched alkanes of at least 4 members (excludes halogenated alkanes) is 4. The molecule has 1 heterocycles. The molecule has 1 aliphatic rings. The first kappa shape index (κ1) is 28.6. The standard InChI is InChI=1S/C17H29N3O4S.C5H12/c1-13(21)7-11-25-14-12-16(23)20(17(14)24)10-5-3-4-6-15(22)19-9-8-18-2;1-3-5-4-2/h14,18H,3-12H2,1-2H3,(H,19,22);3-5H2,1-2H3. The Morgan fingerprint density at radius 2 is 1.73 bits per heavy atom. The molecule has 1 atom stereocenters. The Morgan fingerprint density at radius 1 is 1.03 bits per heavy atom. The molecule has 1 rings (SSSR count). The first-order valence-corrected chi connectivity index (χ1v) is 12.3. The molecule has 3 amide bonds. The van der Waals surface area contributed by atoms with Crippen LogP contribution in [0.1, 0.15) is 78.6 Å². The Kier molecular flexibility index (Phi) is 17.5. The van der Waals surface area contributed by atoms with Crippen molar-refractivity contribution >= 4 is 35.3 Å². The van der Waals surface area contributed by atoms with Gasteiger partial charge in [0.2, 0.25) is 17.7 Å². The molecule has 2 N–H and O–H groups in total. The molecule has 0 aromatic rings. The fraction of sp³-hybridized carbons (Fsp3) is 0.818. The molecular formula is C22H41N3O4S. The molecular weight excluding hydrogens is 402 g/mol. The number of imide groups is 1. The van der Waals surface area contributed by atoms with E-state index in [0.717, 1.165) is 19.4 Å². The van der Waals surface area contributed by atoms with Crippen LogP contribution in [0.4, 0.5) is 0 Å². The van der Waals surface area contributed by atoms with Crippen molar-refractivity contribution in [1.29, 1.82) is 0 Å². The average molecular weight is 444 g/mol. The number of rotatable bonds is 15. The summed E-state index contributed by atoms with van der Waals surface area (Å²) in [5.41, 5.74) is 0. The second-order valence-corrected chi connectivity index (χ2v) is 8.83. The summed E-state index contributed by atoms with van der Waals surface area (Å²) in [6, 6.07) is 0. The molecule has 0 aliphatic carbocycles. The van der Waals surface area contributed by atoms with E-state index in [1.54, 1.807) is 0 Å². The van der Waals surface area contributed by atoms with Crippen LogP contribution in [0.25, 0.3) is 0 Å².